The number of allylic oxidation sites excluding steroid dienone is 2. The Bertz CT molecular complexity index is 486. The average molecular weight is 247 g/mol. The number of aryl methyl sites for hydroxylation is 1. The number of thiophene rings is 1. The fraction of sp³-hybridized carbons (Fsp3) is 0.500. The summed E-state index contributed by atoms with van der Waals surface area (Å²) in [6, 6.07) is 4.82. The summed E-state index contributed by atoms with van der Waals surface area (Å²) in [5.41, 5.74) is 2.31. The fourth-order valence-corrected chi connectivity index (χ4v) is 3.73. The second kappa shape index (κ2) is 4.30. The third kappa shape index (κ3) is 2.04. The maximum atomic E-state index is 11.8. The summed E-state index contributed by atoms with van der Waals surface area (Å²) >= 11 is 1.86. The van der Waals surface area contributed by atoms with Gasteiger partial charge in [-0.25, -0.2) is 0 Å². The molecule has 0 unspecified atom stereocenters. The molecule has 0 bridgehead atoms. The Kier molecular flexibility index (Phi) is 2.79. The minimum atomic E-state index is 0.375. The van der Waals surface area contributed by atoms with Gasteiger partial charge in [-0.05, 0) is 44.7 Å². The van der Waals surface area contributed by atoms with E-state index in [1.807, 2.05) is 11.3 Å². The topological polar surface area (TPSA) is 29.1 Å². The Balaban J connectivity index is 1.83. The van der Waals surface area contributed by atoms with Crippen molar-refractivity contribution in [1.82, 2.24) is 5.32 Å². The Morgan fingerprint density at radius 3 is 2.94 bits per heavy atom. The van der Waals surface area contributed by atoms with Crippen LogP contribution in [0.4, 0.5) is 0 Å². The van der Waals surface area contributed by atoms with Crippen LogP contribution in [0.3, 0.4) is 0 Å². The van der Waals surface area contributed by atoms with Crippen molar-refractivity contribution >= 4 is 17.1 Å². The van der Waals surface area contributed by atoms with Gasteiger partial charge in [0.05, 0.1) is 6.04 Å². The van der Waals surface area contributed by atoms with Crippen LogP contribution in [0.15, 0.2) is 23.4 Å². The molecule has 1 N–H and O–H groups in total. The average Bonchev–Trinajstić information content (AvgIpc) is 2.76. The third-order valence-electron chi connectivity index (χ3n) is 3.67. The Morgan fingerprint density at radius 2 is 2.18 bits per heavy atom. The lowest BCUT2D eigenvalue weighted by Crippen LogP contribution is -2.30. The molecule has 2 aliphatic rings. The minimum Gasteiger partial charge on any atom is -0.380 e. The summed E-state index contributed by atoms with van der Waals surface area (Å²) < 4.78 is 0. The molecule has 0 aromatic carbocycles. The predicted octanol–water partition coefficient (Wildman–Crippen LogP) is 3.49. The van der Waals surface area contributed by atoms with Crippen molar-refractivity contribution in [2.45, 2.75) is 45.1 Å². The van der Waals surface area contributed by atoms with Crippen molar-refractivity contribution in [2.24, 2.45) is 0 Å². The first-order valence-corrected chi connectivity index (χ1v) is 7.14. The van der Waals surface area contributed by atoms with E-state index in [0.29, 0.717) is 11.8 Å². The summed E-state index contributed by atoms with van der Waals surface area (Å²) in [6.45, 7) is 2.14. The van der Waals surface area contributed by atoms with Gasteiger partial charge in [-0.3, -0.25) is 4.79 Å². The van der Waals surface area contributed by atoms with Crippen LogP contribution < -0.4 is 5.32 Å². The maximum Gasteiger partial charge on any atom is 0.160 e. The normalized spacial score (nSPS) is 24.5. The molecule has 1 aliphatic carbocycles. The van der Waals surface area contributed by atoms with E-state index in [-0.39, 0.29) is 0 Å². The van der Waals surface area contributed by atoms with Crippen LogP contribution in [-0.2, 0) is 4.79 Å². The van der Waals surface area contributed by atoms with Gasteiger partial charge in [-0.2, -0.15) is 0 Å². The first-order valence-electron chi connectivity index (χ1n) is 6.32. The lowest BCUT2D eigenvalue weighted by molar-refractivity contribution is -0.116. The molecule has 0 radical (unpaired) electrons. The highest BCUT2D eigenvalue weighted by atomic mass is 32.1. The Morgan fingerprint density at radius 1 is 1.29 bits per heavy atom. The molecule has 2 heterocycles. The standard InChI is InChI=1S/C14H17NOS/c1-9-5-8-14(17-9)12-7-6-10-11(15-12)3-2-4-13(10)16/h5,8,12,15H,2-4,6-7H2,1H3/t12-/m0/s1. The molecule has 0 amide bonds. The summed E-state index contributed by atoms with van der Waals surface area (Å²) in [4.78, 5) is 14.6. The molecule has 0 spiro atoms. The minimum absolute atomic E-state index is 0.375. The lowest BCUT2D eigenvalue weighted by atomic mass is 9.87. The molecular weight excluding hydrogens is 230 g/mol. The van der Waals surface area contributed by atoms with E-state index in [1.54, 1.807) is 0 Å². The number of rotatable bonds is 1. The zero-order chi connectivity index (χ0) is 11.8. The fourth-order valence-electron chi connectivity index (χ4n) is 2.77. The first kappa shape index (κ1) is 11.0. The largest absolute Gasteiger partial charge is 0.380 e. The zero-order valence-electron chi connectivity index (χ0n) is 10.1. The van der Waals surface area contributed by atoms with Crippen LogP contribution >= 0.6 is 11.3 Å². The van der Waals surface area contributed by atoms with Gasteiger partial charge in [0.1, 0.15) is 0 Å². The van der Waals surface area contributed by atoms with Crippen LogP contribution in [-0.4, -0.2) is 5.78 Å². The highest BCUT2D eigenvalue weighted by molar-refractivity contribution is 7.12. The smallest absolute Gasteiger partial charge is 0.160 e. The first-order chi connectivity index (χ1) is 8.24. The van der Waals surface area contributed by atoms with Crippen molar-refractivity contribution in [1.29, 1.82) is 0 Å². The van der Waals surface area contributed by atoms with E-state index in [9.17, 15) is 4.79 Å². The van der Waals surface area contributed by atoms with E-state index < -0.39 is 0 Å². The van der Waals surface area contributed by atoms with Crippen LogP contribution in [0.1, 0.15) is 47.9 Å². The monoisotopic (exact) mass is 247 g/mol. The third-order valence-corrected chi connectivity index (χ3v) is 4.78. The Hall–Kier alpha value is -1.09. The van der Waals surface area contributed by atoms with E-state index in [4.69, 9.17) is 0 Å². The molecule has 3 heteroatoms. The molecule has 0 saturated carbocycles. The van der Waals surface area contributed by atoms with Gasteiger partial charge >= 0.3 is 0 Å². The summed E-state index contributed by atoms with van der Waals surface area (Å²) in [5.74, 6) is 0.375. The van der Waals surface area contributed by atoms with Gasteiger partial charge in [0.15, 0.2) is 5.78 Å². The summed E-state index contributed by atoms with van der Waals surface area (Å²) in [7, 11) is 0. The predicted molar refractivity (Wildman–Crippen MR) is 70.1 cm³/mol. The molecule has 2 nitrogen and oxygen atoms in total. The number of Topliss-reactive ketones (excluding diaryl/α,β-unsaturated/α-hetero) is 1. The highest BCUT2D eigenvalue weighted by Crippen LogP contribution is 2.36. The molecule has 1 atom stereocenters. The molecule has 3 rings (SSSR count). The van der Waals surface area contributed by atoms with Gasteiger partial charge in [-0.15, -0.1) is 11.3 Å². The van der Waals surface area contributed by atoms with Crippen molar-refractivity contribution in [3.05, 3.63) is 33.2 Å². The van der Waals surface area contributed by atoms with Crippen LogP contribution in [0, 0.1) is 6.92 Å². The van der Waals surface area contributed by atoms with E-state index in [2.05, 4.69) is 24.4 Å². The number of carbonyl (C=O) groups excluding carboxylic acids is 1. The van der Waals surface area contributed by atoms with Crippen molar-refractivity contribution in [3.8, 4) is 0 Å². The van der Waals surface area contributed by atoms with Gasteiger partial charge in [-0.1, -0.05) is 0 Å². The second-order valence-corrected chi connectivity index (χ2v) is 6.24. The van der Waals surface area contributed by atoms with Gasteiger partial charge in [0, 0.05) is 27.4 Å². The molecule has 1 aromatic heterocycles. The van der Waals surface area contributed by atoms with Crippen molar-refractivity contribution in [2.75, 3.05) is 0 Å². The highest BCUT2D eigenvalue weighted by Gasteiger charge is 2.28. The van der Waals surface area contributed by atoms with E-state index in [1.165, 1.54) is 15.5 Å². The van der Waals surface area contributed by atoms with Gasteiger partial charge in [0.25, 0.3) is 0 Å². The van der Waals surface area contributed by atoms with Gasteiger partial charge < -0.3 is 5.32 Å². The van der Waals surface area contributed by atoms with Crippen LogP contribution in [0.5, 0.6) is 0 Å². The van der Waals surface area contributed by atoms with Crippen molar-refractivity contribution < 1.29 is 4.79 Å². The number of hydrogen-bond donors (Lipinski definition) is 1. The molecule has 1 aliphatic heterocycles. The number of carbonyl (C=O) groups is 1. The maximum absolute atomic E-state index is 11.8. The molecule has 1 aromatic rings. The number of hydrogen-bond acceptors (Lipinski definition) is 3. The zero-order valence-corrected chi connectivity index (χ0v) is 10.9. The Labute approximate surface area is 106 Å². The van der Waals surface area contributed by atoms with Gasteiger partial charge in [0.2, 0.25) is 0 Å². The van der Waals surface area contributed by atoms with Crippen LogP contribution in [0.2, 0.25) is 0 Å². The summed E-state index contributed by atoms with van der Waals surface area (Å²) in [5, 5.41) is 3.58. The SMILES string of the molecule is Cc1ccc([C@@H]2CCC3=C(CCCC3=O)N2)s1. The van der Waals surface area contributed by atoms with Crippen LogP contribution in [0.25, 0.3) is 0 Å². The molecular formula is C14H17NOS. The molecule has 0 fully saturated rings. The number of nitrogens with one attached hydrogen (secondary N) is 1. The van der Waals surface area contributed by atoms with Crippen molar-refractivity contribution in [3.63, 3.8) is 0 Å². The molecule has 0 saturated heterocycles. The lowest BCUT2D eigenvalue weighted by Gasteiger charge is -2.31. The quantitative estimate of drug-likeness (QED) is 0.823. The van der Waals surface area contributed by atoms with E-state index in [0.717, 1.165) is 37.7 Å². The second-order valence-electron chi connectivity index (χ2n) is 4.92. The summed E-state index contributed by atoms with van der Waals surface area (Å²) in [6.07, 6.45) is 4.85. The molecule has 90 valence electrons. The number of ketones is 1. The molecule has 17 heavy (non-hydrogen) atoms. The van der Waals surface area contributed by atoms with E-state index >= 15 is 0 Å².